The first-order valence-electron chi connectivity index (χ1n) is 10.4. The van der Waals surface area contributed by atoms with Gasteiger partial charge in [-0.15, -0.1) is 0 Å². The molecule has 1 fully saturated rings. The average molecular weight is 430 g/mol. The van der Waals surface area contributed by atoms with Crippen LogP contribution in [0.2, 0.25) is 0 Å². The average Bonchev–Trinajstić information content (AvgIpc) is 2.71. The van der Waals surface area contributed by atoms with Crippen LogP contribution < -0.4 is 10.0 Å². The highest BCUT2D eigenvalue weighted by Gasteiger charge is 2.25. The second-order valence-electron chi connectivity index (χ2n) is 8.26. The zero-order valence-corrected chi connectivity index (χ0v) is 18.7. The van der Waals surface area contributed by atoms with Crippen molar-refractivity contribution in [1.82, 2.24) is 10.2 Å². The monoisotopic (exact) mass is 429 g/mol. The Morgan fingerprint density at radius 2 is 1.80 bits per heavy atom. The number of carbonyl (C=O) groups is 1. The second-order valence-corrected chi connectivity index (χ2v) is 10.0. The van der Waals surface area contributed by atoms with Crippen LogP contribution in [0.5, 0.6) is 0 Å². The van der Waals surface area contributed by atoms with Crippen LogP contribution in [-0.2, 0) is 10.0 Å². The van der Waals surface area contributed by atoms with Crippen LogP contribution in [0.3, 0.4) is 0 Å². The van der Waals surface area contributed by atoms with Crippen LogP contribution in [0.4, 0.5) is 5.69 Å². The zero-order valence-electron chi connectivity index (χ0n) is 17.9. The summed E-state index contributed by atoms with van der Waals surface area (Å²) in [6.07, 6.45) is 3.43. The fraction of sp³-hybridized carbons (Fsp3) is 0.435. The quantitative estimate of drug-likeness (QED) is 0.705. The molecule has 1 heterocycles. The summed E-state index contributed by atoms with van der Waals surface area (Å²) in [6.45, 7) is 6.63. The van der Waals surface area contributed by atoms with Crippen molar-refractivity contribution in [2.75, 3.05) is 30.6 Å². The largest absolute Gasteiger partial charge is 0.350 e. The SMILES string of the molecule is Cc1ccc(C(=O)NCC(c2ccccc2)N2CCC(C)CC2)cc1NS(C)(=O)=O. The molecule has 7 heteroatoms. The van der Waals surface area contributed by atoms with Crippen molar-refractivity contribution in [3.8, 4) is 0 Å². The van der Waals surface area contributed by atoms with E-state index >= 15 is 0 Å². The number of anilines is 1. The third-order valence-corrected chi connectivity index (χ3v) is 6.29. The van der Waals surface area contributed by atoms with Gasteiger partial charge >= 0.3 is 0 Å². The Morgan fingerprint density at radius 1 is 1.13 bits per heavy atom. The molecule has 2 aromatic carbocycles. The van der Waals surface area contributed by atoms with Gasteiger partial charge in [-0.3, -0.25) is 14.4 Å². The number of benzene rings is 2. The molecule has 0 aromatic heterocycles. The van der Waals surface area contributed by atoms with Crippen molar-refractivity contribution in [2.45, 2.75) is 32.7 Å². The minimum atomic E-state index is -3.41. The van der Waals surface area contributed by atoms with E-state index in [1.807, 2.05) is 18.2 Å². The van der Waals surface area contributed by atoms with Crippen molar-refractivity contribution in [1.29, 1.82) is 0 Å². The van der Waals surface area contributed by atoms with Gasteiger partial charge in [0.25, 0.3) is 5.91 Å². The summed E-state index contributed by atoms with van der Waals surface area (Å²) >= 11 is 0. The Balaban J connectivity index is 1.74. The summed E-state index contributed by atoms with van der Waals surface area (Å²) in [7, 11) is -3.41. The van der Waals surface area contributed by atoms with E-state index in [2.05, 4.69) is 34.0 Å². The van der Waals surface area contributed by atoms with E-state index in [0.717, 1.165) is 43.7 Å². The van der Waals surface area contributed by atoms with Gasteiger partial charge in [-0.2, -0.15) is 0 Å². The maximum atomic E-state index is 12.8. The molecule has 1 saturated heterocycles. The molecule has 30 heavy (non-hydrogen) atoms. The molecule has 1 aliphatic heterocycles. The number of nitrogens with one attached hydrogen (secondary N) is 2. The van der Waals surface area contributed by atoms with Gasteiger partial charge in [-0.05, 0) is 62.0 Å². The molecule has 1 amide bonds. The van der Waals surface area contributed by atoms with Crippen molar-refractivity contribution < 1.29 is 13.2 Å². The number of rotatable bonds is 7. The van der Waals surface area contributed by atoms with Crippen molar-refractivity contribution in [2.24, 2.45) is 5.92 Å². The van der Waals surface area contributed by atoms with Gasteiger partial charge in [0.2, 0.25) is 10.0 Å². The fourth-order valence-corrected chi connectivity index (χ4v) is 4.46. The molecule has 3 rings (SSSR count). The minimum absolute atomic E-state index is 0.113. The Bertz CT molecular complexity index is 968. The van der Waals surface area contributed by atoms with E-state index in [0.29, 0.717) is 17.8 Å². The highest BCUT2D eigenvalue weighted by molar-refractivity contribution is 7.92. The normalized spacial score (nSPS) is 16.8. The number of sulfonamides is 1. The second kappa shape index (κ2) is 9.62. The van der Waals surface area contributed by atoms with Gasteiger partial charge in [-0.25, -0.2) is 8.42 Å². The molecule has 2 N–H and O–H groups in total. The summed E-state index contributed by atoms with van der Waals surface area (Å²) in [5, 5.41) is 3.06. The molecule has 1 unspecified atom stereocenters. The summed E-state index contributed by atoms with van der Waals surface area (Å²) < 4.78 is 25.6. The van der Waals surface area contributed by atoms with Crippen LogP contribution in [0.25, 0.3) is 0 Å². The number of nitrogens with zero attached hydrogens (tertiary/aromatic N) is 1. The summed E-state index contributed by atoms with van der Waals surface area (Å²) in [5.41, 5.74) is 2.82. The minimum Gasteiger partial charge on any atom is -0.350 e. The van der Waals surface area contributed by atoms with Crippen LogP contribution in [-0.4, -0.2) is 45.1 Å². The lowest BCUT2D eigenvalue weighted by Crippen LogP contribution is -2.42. The first-order chi connectivity index (χ1) is 14.2. The Hall–Kier alpha value is -2.38. The van der Waals surface area contributed by atoms with Gasteiger partial charge in [0.1, 0.15) is 0 Å². The summed E-state index contributed by atoms with van der Waals surface area (Å²) in [5.74, 6) is 0.526. The highest BCUT2D eigenvalue weighted by atomic mass is 32.2. The number of aryl methyl sites for hydroxylation is 1. The number of hydrogen-bond acceptors (Lipinski definition) is 4. The number of amides is 1. The van der Waals surface area contributed by atoms with E-state index in [4.69, 9.17) is 0 Å². The lowest BCUT2D eigenvalue weighted by molar-refractivity contribution is 0.0913. The third-order valence-electron chi connectivity index (χ3n) is 5.69. The van der Waals surface area contributed by atoms with Crippen LogP contribution in [0, 0.1) is 12.8 Å². The predicted molar refractivity (Wildman–Crippen MR) is 121 cm³/mol. The van der Waals surface area contributed by atoms with Gasteiger partial charge < -0.3 is 5.32 Å². The molecule has 0 radical (unpaired) electrons. The first-order valence-corrected chi connectivity index (χ1v) is 12.3. The number of carbonyl (C=O) groups excluding carboxylic acids is 1. The Labute approximate surface area is 179 Å². The van der Waals surface area contributed by atoms with Gasteiger partial charge in [-0.1, -0.05) is 43.3 Å². The van der Waals surface area contributed by atoms with E-state index in [9.17, 15) is 13.2 Å². The molecule has 0 aliphatic carbocycles. The third kappa shape index (κ3) is 6.06. The number of hydrogen-bond donors (Lipinski definition) is 2. The number of likely N-dealkylation sites (tertiary alicyclic amines) is 1. The maximum absolute atomic E-state index is 12.8. The molecule has 6 nitrogen and oxygen atoms in total. The Morgan fingerprint density at radius 3 is 2.43 bits per heavy atom. The predicted octanol–water partition coefficient (Wildman–Crippen LogP) is 3.57. The molecular formula is C23H31N3O3S. The van der Waals surface area contributed by atoms with Crippen molar-refractivity contribution in [3.63, 3.8) is 0 Å². The zero-order chi connectivity index (χ0) is 21.7. The standard InChI is InChI=1S/C23H31N3O3S/c1-17-11-13-26(14-12-17)22(19-7-5-4-6-8-19)16-24-23(27)20-10-9-18(2)21(15-20)25-30(3,28)29/h4-10,15,17,22,25H,11-14,16H2,1-3H3,(H,24,27). The first kappa shape index (κ1) is 22.3. The molecule has 1 atom stereocenters. The van der Waals surface area contributed by atoms with E-state index in [1.54, 1.807) is 25.1 Å². The molecule has 162 valence electrons. The molecule has 0 bridgehead atoms. The van der Waals surface area contributed by atoms with Crippen LogP contribution >= 0.6 is 0 Å². The summed E-state index contributed by atoms with van der Waals surface area (Å²) in [4.78, 5) is 15.3. The lowest BCUT2D eigenvalue weighted by Gasteiger charge is -2.37. The van der Waals surface area contributed by atoms with Crippen LogP contribution in [0.15, 0.2) is 48.5 Å². The number of piperidine rings is 1. The molecule has 0 saturated carbocycles. The van der Waals surface area contributed by atoms with E-state index < -0.39 is 10.0 Å². The molecule has 2 aromatic rings. The summed E-state index contributed by atoms with van der Waals surface area (Å²) in [6, 6.07) is 15.4. The maximum Gasteiger partial charge on any atom is 0.251 e. The van der Waals surface area contributed by atoms with Crippen molar-refractivity contribution >= 4 is 21.6 Å². The smallest absolute Gasteiger partial charge is 0.251 e. The van der Waals surface area contributed by atoms with Crippen molar-refractivity contribution in [3.05, 3.63) is 65.2 Å². The van der Waals surface area contributed by atoms with Gasteiger partial charge in [0.05, 0.1) is 18.0 Å². The van der Waals surface area contributed by atoms with E-state index in [1.165, 1.54) is 5.56 Å². The molecule has 0 spiro atoms. The van der Waals surface area contributed by atoms with Gasteiger partial charge in [0, 0.05) is 12.1 Å². The van der Waals surface area contributed by atoms with Crippen LogP contribution in [0.1, 0.15) is 47.3 Å². The Kier molecular flexibility index (Phi) is 7.15. The fourth-order valence-electron chi connectivity index (χ4n) is 3.84. The highest BCUT2D eigenvalue weighted by Crippen LogP contribution is 2.26. The van der Waals surface area contributed by atoms with Gasteiger partial charge in [0.15, 0.2) is 0 Å². The topological polar surface area (TPSA) is 78.5 Å². The molecular weight excluding hydrogens is 398 g/mol. The molecule has 1 aliphatic rings. The van der Waals surface area contributed by atoms with E-state index in [-0.39, 0.29) is 11.9 Å². The lowest BCUT2D eigenvalue weighted by atomic mass is 9.95.